The second-order valence-electron chi connectivity index (χ2n) is 6.09. The number of carbonyl (C=O) groups excluding carboxylic acids is 1. The van der Waals surface area contributed by atoms with Crippen LogP contribution in [0.2, 0.25) is 0 Å². The molecular weight excluding hydrogens is 228 g/mol. The summed E-state index contributed by atoms with van der Waals surface area (Å²) in [6, 6.07) is 0.579. The van der Waals surface area contributed by atoms with Gasteiger partial charge in [-0.25, -0.2) is 4.79 Å². The van der Waals surface area contributed by atoms with Gasteiger partial charge in [0.15, 0.2) is 0 Å². The van der Waals surface area contributed by atoms with Crippen molar-refractivity contribution in [3.63, 3.8) is 0 Å². The quantitative estimate of drug-likeness (QED) is 0.778. The Morgan fingerprint density at radius 3 is 2.56 bits per heavy atom. The largest absolute Gasteiger partial charge is 0.371 e. The number of urea groups is 1. The van der Waals surface area contributed by atoms with Crippen LogP contribution in [0.15, 0.2) is 0 Å². The fourth-order valence-corrected chi connectivity index (χ4v) is 3.19. The lowest BCUT2D eigenvalue weighted by Gasteiger charge is -2.42. The molecule has 4 heteroatoms. The molecule has 2 aliphatic carbocycles. The Morgan fingerprint density at radius 2 is 1.89 bits per heavy atom. The van der Waals surface area contributed by atoms with Crippen LogP contribution in [0, 0.1) is 0 Å². The number of rotatable bonds is 1. The molecule has 1 N–H and O–H groups in total. The summed E-state index contributed by atoms with van der Waals surface area (Å²) >= 11 is 0. The molecule has 102 valence electrons. The molecule has 2 saturated carbocycles. The molecule has 0 aromatic carbocycles. The lowest BCUT2D eigenvalue weighted by Crippen LogP contribution is -2.56. The molecule has 0 radical (unpaired) electrons. The van der Waals surface area contributed by atoms with Crippen LogP contribution in [0.25, 0.3) is 0 Å². The highest BCUT2D eigenvalue weighted by Crippen LogP contribution is 2.33. The van der Waals surface area contributed by atoms with Gasteiger partial charge in [0, 0.05) is 12.6 Å². The maximum absolute atomic E-state index is 12.1. The van der Waals surface area contributed by atoms with E-state index in [1.807, 2.05) is 4.90 Å². The van der Waals surface area contributed by atoms with Crippen molar-refractivity contribution in [2.75, 3.05) is 19.7 Å². The molecule has 1 saturated heterocycles. The zero-order valence-corrected chi connectivity index (χ0v) is 11.1. The monoisotopic (exact) mass is 252 g/mol. The van der Waals surface area contributed by atoms with Gasteiger partial charge in [-0.1, -0.05) is 25.7 Å². The Morgan fingerprint density at radius 1 is 1.17 bits per heavy atom. The third-order valence-corrected chi connectivity index (χ3v) is 4.46. The Bertz CT molecular complexity index is 307. The molecule has 3 aliphatic rings. The predicted octanol–water partition coefficient (Wildman–Crippen LogP) is 2.28. The summed E-state index contributed by atoms with van der Waals surface area (Å²) in [6.45, 7) is 2.25. The molecule has 0 atom stereocenters. The molecule has 2 amide bonds. The van der Waals surface area contributed by atoms with Crippen molar-refractivity contribution in [1.29, 1.82) is 0 Å². The standard InChI is InChI=1S/C14H24N2O2/c17-13(15-12-5-6-12)16-9-10-18-14(11-16)7-3-1-2-4-8-14/h12H,1-11H2,(H,15,17). The lowest BCUT2D eigenvalue weighted by molar-refractivity contribution is -0.105. The zero-order valence-electron chi connectivity index (χ0n) is 11.1. The predicted molar refractivity (Wildman–Crippen MR) is 69.5 cm³/mol. The first kappa shape index (κ1) is 12.3. The van der Waals surface area contributed by atoms with Crippen LogP contribution >= 0.6 is 0 Å². The van der Waals surface area contributed by atoms with Crippen LogP contribution in [0.4, 0.5) is 4.79 Å². The van der Waals surface area contributed by atoms with E-state index < -0.39 is 0 Å². The van der Waals surface area contributed by atoms with Crippen LogP contribution in [0.3, 0.4) is 0 Å². The van der Waals surface area contributed by atoms with Crippen LogP contribution in [0.5, 0.6) is 0 Å². The minimum Gasteiger partial charge on any atom is -0.371 e. The third-order valence-electron chi connectivity index (χ3n) is 4.46. The average molecular weight is 252 g/mol. The maximum Gasteiger partial charge on any atom is 0.317 e. The van der Waals surface area contributed by atoms with Crippen LogP contribution in [-0.2, 0) is 4.74 Å². The van der Waals surface area contributed by atoms with E-state index in [1.165, 1.54) is 25.7 Å². The van der Waals surface area contributed by atoms with Crippen molar-refractivity contribution >= 4 is 6.03 Å². The van der Waals surface area contributed by atoms with E-state index in [0.29, 0.717) is 12.6 Å². The number of nitrogens with zero attached hydrogens (tertiary/aromatic N) is 1. The third kappa shape index (κ3) is 2.79. The van der Waals surface area contributed by atoms with Gasteiger partial charge in [-0.05, 0) is 25.7 Å². The summed E-state index contributed by atoms with van der Waals surface area (Å²) in [5.41, 5.74) is -0.0321. The number of hydrogen-bond donors (Lipinski definition) is 1. The average Bonchev–Trinajstić information content (AvgIpc) is 3.18. The maximum atomic E-state index is 12.1. The highest BCUT2D eigenvalue weighted by Gasteiger charge is 2.39. The molecule has 1 spiro atoms. The van der Waals surface area contributed by atoms with E-state index in [9.17, 15) is 4.79 Å². The van der Waals surface area contributed by atoms with Gasteiger partial charge in [-0.2, -0.15) is 0 Å². The minimum absolute atomic E-state index is 0.0321. The number of carbonyl (C=O) groups is 1. The van der Waals surface area contributed by atoms with Gasteiger partial charge >= 0.3 is 6.03 Å². The number of amides is 2. The van der Waals surface area contributed by atoms with Gasteiger partial charge in [-0.15, -0.1) is 0 Å². The SMILES string of the molecule is O=C(NC1CC1)N1CCOC2(CCCCCC2)C1. The van der Waals surface area contributed by atoms with E-state index in [4.69, 9.17) is 4.74 Å². The van der Waals surface area contributed by atoms with Crippen molar-refractivity contribution in [1.82, 2.24) is 10.2 Å². The minimum atomic E-state index is -0.0321. The summed E-state index contributed by atoms with van der Waals surface area (Å²) in [5.74, 6) is 0. The highest BCUT2D eigenvalue weighted by molar-refractivity contribution is 5.75. The zero-order chi connectivity index (χ0) is 12.4. The fourth-order valence-electron chi connectivity index (χ4n) is 3.19. The van der Waals surface area contributed by atoms with Crippen molar-refractivity contribution in [2.45, 2.75) is 63.0 Å². The van der Waals surface area contributed by atoms with Gasteiger partial charge in [0.05, 0.1) is 18.8 Å². The van der Waals surface area contributed by atoms with E-state index in [1.54, 1.807) is 0 Å². The normalized spacial score (nSPS) is 27.9. The van der Waals surface area contributed by atoms with Gasteiger partial charge in [0.25, 0.3) is 0 Å². The molecule has 1 heterocycles. The van der Waals surface area contributed by atoms with E-state index in [2.05, 4.69) is 5.32 Å². The Balaban J connectivity index is 1.60. The van der Waals surface area contributed by atoms with Gasteiger partial charge in [0.2, 0.25) is 0 Å². The van der Waals surface area contributed by atoms with Crippen molar-refractivity contribution < 1.29 is 9.53 Å². The Kier molecular flexibility index (Phi) is 3.46. The van der Waals surface area contributed by atoms with Crippen LogP contribution in [-0.4, -0.2) is 42.3 Å². The van der Waals surface area contributed by atoms with Crippen molar-refractivity contribution in [3.05, 3.63) is 0 Å². The van der Waals surface area contributed by atoms with E-state index in [0.717, 1.165) is 38.8 Å². The van der Waals surface area contributed by atoms with Gasteiger partial charge < -0.3 is 15.0 Å². The first-order valence-corrected chi connectivity index (χ1v) is 7.47. The van der Waals surface area contributed by atoms with Crippen molar-refractivity contribution in [3.8, 4) is 0 Å². The molecule has 1 aliphatic heterocycles. The Labute approximate surface area is 109 Å². The molecule has 4 nitrogen and oxygen atoms in total. The number of hydrogen-bond acceptors (Lipinski definition) is 2. The second-order valence-corrected chi connectivity index (χ2v) is 6.09. The fraction of sp³-hybridized carbons (Fsp3) is 0.929. The molecule has 3 rings (SSSR count). The highest BCUT2D eigenvalue weighted by atomic mass is 16.5. The molecule has 0 unspecified atom stereocenters. The van der Waals surface area contributed by atoms with Gasteiger partial charge in [0.1, 0.15) is 0 Å². The first-order chi connectivity index (χ1) is 8.77. The Hall–Kier alpha value is -0.770. The van der Waals surface area contributed by atoms with Crippen molar-refractivity contribution in [2.24, 2.45) is 0 Å². The van der Waals surface area contributed by atoms with E-state index >= 15 is 0 Å². The molecule has 0 aromatic heterocycles. The summed E-state index contributed by atoms with van der Waals surface area (Å²) in [6.07, 6.45) is 9.69. The summed E-state index contributed by atoms with van der Waals surface area (Å²) in [5, 5.41) is 3.09. The topological polar surface area (TPSA) is 41.6 Å². The van der Waals surface area contributed by atoms with Gasteiger partial charge in [-0.3, -0.25) is 0 Å². The number of ether oxygens (including phenoxy) is 1. The molecular formula is C14H24N2O2. The lowest BCUT2D eigenvalue weighted by atomic mass is 9.92. The smallest absolute Gasteiger partial charge is 0.317 e. The van der Waals surface area contributed by atoms with Crippen LogP contribution in [0.1, 0.15) is 51.4 Å². The molecule has 0 bridgehead atoms. The summed E-state index contributed by atoms with van der Waals surface area (Å²) < 4.78 is 6.07. The molecule has 3 fully saturated rings. The molecule has 18 heavy (non-hydrogen) atoms. The molecule has 0 aromatic rings. The first-order valence-electron chi connectivity index (χ1n) is 7.47. The van der Waals surface area contributed by atoms with Crippen LogP contribution < -0.4 is 5.32 Å². The summed E-state index contributed by atoms with van der Waals surface area (Å²) in [7, 11) is 0. The second kappa shape index (κ2) is 5.08. The van der Waals surface area contributed by atoms with E-state index in [-0.39, 0.29) is 11.6 Å². The number of morpholine rings is 1. The number of nitrogens with one attached hydrogen (secondary N) is 1. The summed E-state index contributed by atoms with van der Waals surface area (Å²) in [4.78, 5) is 14.1.